The van der Waals surface area contributed by atoms with Crippen LogP contribution in [0.3, 0.4) is 0 Å². The maximum absolute atomic E-state index is 11.3. The lowest BCUT2D eigenvalue weighted by molar-refractivity contribution is 0.372. The number of aromatic nitrogens is 4. The lowest BCUT2D eigenvalue weighted by Crippen LogP contribution is -2.25. The van der Waals surface area contributed by atoms with Crippen molar-refractivity contribution < 1.29 is 5.11 Å². The lowest BCUT2D eigenvalue weighted by Gasteiger charge is -2.27. The van der Waals surface area contributed by atoms with Crippen LogP contribution in [0.25, 0.3) is 0 Å². The SMILES string of the molecule is Cc1cc(C(n2nc(C)cc2C)n2nc(C)cc2C)c(O)c(C(C)(C)C)c1. The third kappa shape index (κ3) is 3.51. The third-order valence-corrected chi connectivity index (χ3v) is 4.92. The molecule has 2 heterocycles. The van der Waals surface area contributed by atoms with Gasteiger partial charge in [0.05, 0.1) is 11.4 Å². The van der Waals surface area contributed by atoms with Crippen LogP contribution in [0.2, 0.25) is 0 Å². The zero-order chi connectivity index (χ0) is 20.1. The fourth-order valence-corrected chi connectivity index (χ4v) is 3.73. The number of hydrogen-bond donors (Lipinski definition) is 1. The summed E-state index contributed by atoms with van der Waals surface area (Å²) in [5.74, 6) is 0.318. The standard InChI is InChI=1S/C22H30N4O/c1-13-9-18(20(27)19(10-13)22(6,7)8)21(25-16(4)11-14(2)23-25)26-17(5)12-15(3)24-26/h9-12,21,27H,1-8H3. The van der Waals surface area contributed by atoms with E-state index in [1.54, 1.807) is 0 Å². The number of aryl methyl sites for hydroxylation is 5. The first-order valence-corrected chi connectivity index (χ1v) is 9.38. The Bertz CT molecular complexity index is 942. The second-order valence-electron chi connectivity index (χ2n) is 8.62. The van der Waals surface area contributed by atoms with Crippen LogP contribution in [0.4, 0.5) is 0 Å². The predicted molar refractivity (Wildman–Crippen MR) is 108 cm³/mol. The van der Waals surface area contributed by atoms with E-state index in [0.717, 1.165) is 39.5 Å². The number of rotatable bonds is 3. The van der Waals surface area contributed by atoms with Gasteiger partial charge in [-0.15, -0.1) is 0 Å². The van der Waals surface area contributed by atoms with E-state index < -0.39 is 0 Å². The largest absolute Gasteiger partial charge is 0.507 e. The summed E-state index contributed by atoms with van der Waals surface area (Å²) in [5.41, 5.74) is 6.65. The Balaban J connectivity index is 2.34. The highest BCUT2D eigenvalue weighted by Crippen LogP contribution is 2.39. The molecule has 0 saturated carbocycles. The molecule has 0 bridgehead atoms. The van der Waals surface area contributed by atoms with Gasteiger partial charge in [-0.1, -0.05) is 32.4 Å². The summed E-state index contributed by atoms with van der Waals surface area (Å²) in [6.07, 6.45) is -0.339. The highest BCUT2D eigenvalue weighted by atomic mass is 16.3. The van der Waals surface area contributed by atoms with Gasteiger partial charge in [0.25, 0.3) is 0 Å². The van der Waals surface area contributed by atoms with Gasteiger partial charge in [0, 0.05) is 17.0 Å². The van der Waals surface area contributed by atoms with Gasteiger partial charge in [-0.25, -0.2) is 9.36 Å². The number of nitrogens with zero attached hydrogens (tertiary/aromatic N) is 4. The van der Waals surface area contributed by atoms with Crippen LogP contribution in [0.15, 0.2) is 24.3 Å². The van der Waals surface area contributed by atoms with Crippen molar-refractivity contribution in [3.8, 4) is 5.75 Å². The van der Waals surface area contributed by atoms with Gasteiger partial charge in [0.2, 0.25) is 0 Å². The molecule has 5 heteroatoms. The smallest absolute Gasteiger partial charge is 0.172 e. The van der Waals surface area contributed by atoms with E-state index in [9.17, 15) is 5.11 Å². The molecular formula is C22H30N4O. The van der Waals surface area contributed by atoms with Crippen LogP contribution >= 0.6 is 0 Å². The van der Waals surface area contributed by atoms with Crippen molar-refractivity contribution in [2.45, 2.75) is 67.0 Å². The molecular weight excluding hydrogens is 336 g/mol. The van der Waals surface area contributed by atoms with Crippen LogP contribution in [-0.2, 0) is 5.41 Å². The fraction of sp³-hybridized carbons (Fsp3) is 0.455. The molecule has 0 amide bonds. The topological polar surface area (TPSA) is 55.9 Å². The van der Waals surface area contributed by atoms with Crippen molar-refractivity contribution in [1.82, 2.24) is 19.6 Å². The van der Waals surface area contributed by atoms with Crippen molar-refractivity contribution >= 4 is 0 Å². The van der Waals surface area contributed by atoms with Crippen LogP contribution in [0.5, 0.6) is 5.75 Å². The monoisotopic (exact) mass is 366 g/mol. The summed E-state index contributed by atoms with van der Waals surface area (Å²) < 4.78 is 3.91. The molecule has 0 unspecified atom stereocenters. The molecule has 0 aliphatic rings. The van der Waals surface area contributed by atoms with Gasteiger partial charge in [-0.05, 0) is 63.8 Å². The molecule has 0 spiro atoms. The second-order valence-corrected chi connectivity index (χ2v) is 8.62. The highest BCUT2D eigenvalue weighted by Gasteiger charge is 2.29. The Morgan fingerprint density at radius 2 is 1.30 bits per heavy atom. The predicted octanol–water partition coefficient (Wildman–Crippen LogP) is 4.72. The van der Waals surface area contributed by atoms with E-state index in [2.05, 4.69) is 45.9 Å². The molecule has 2 aromatic heterocycles. The minimum absolute atomic E-state index is 0.167. The fourth-order valence-electron chi connectivity index (χ4n) is 3.73. The van der Waals surface area contributed by atoms with Crippen LogP contribution in [0.1, 0.15) is 66.4 Å². The average molecular weight is 367 g/mol. The van der Waals surface area contributed by atoms with Crippen molar-refractivity contribution in [2.75, 3.05) is 0 Å². The van der Waals surface area contributed by atoms with Gasteiger partial charge >= 0.3 is 0 Å². The summed E-state index contributed by atoms with van der Waals surface area (Å²) in [7, 11) is 0. The maximum Gasteiger partial charge on any atom is 0.172 e. The summed E-state index contributed by atoms with van der Waals surface area (Å²) in [5, 5.41) is 20.7. The molecule has 0 aliphatic heterocycles. The molecule has 0 fully saturated rings. The van der Waals surface area contributed by atoms with Crippen molar-refractivity contribution in [3.05, 3.63) is 63.7 Å². The summed E-state index contributed by atoms with van der Waals surface area (Å²) in [4.78, 5) is 0. The molecule has 0 aliphatic carbocycles. The summed E-state index contributed by atoms with van der Waals surface area (Å²) in [6.45, 7) is 16.5. The third-order valence-electron chi connectivity index (χ3n) is 4.92. The number of phenols is 1. The van der Waals surface area contributed by atoms with Gasteiger partial charge in [-0.2, -0.15) is 10.2 Å². The van der Waals surface area contributed by atoms with Crippen LogP contribution in [0, 0.1) is 34.6 Å². The molecule has 5 nitrogen and oxygen atoms in total. The van der Waals surface area contributed by atoms with E-state index in [-0.39, 0.29) is 11.6 Å². The quantitative estimate of drug-likeness (QED) is 0.730. The molecule has 1 aromatic carbocycles. The highest BCUT2D eigenvalue weighted by molar-refractivity contribution is 5.48. The van der Waals surface area contributed by atoms with Gasteiger partial charge in [-0.3, -0.25) is 0 Å². The normalized spacial score (nSPS) is 12.2. The van der Waals surface area contributed by atoms with Crippen molar-refractivity contribution in [2.24, 2.45) is 0 Å². The Kier molecular flexibility index (Phi) is 4.66. The van der Waals surface area contributed by atoms with Gasteiger partial charge in [0.1, 0.15) is 5.75 Å². The van der Waals surface area contributed by atoms with Crippen LogP contribution in [-0.4, -0.2) is 24.7 Å². The molecule has 27 heavy (non-hydrogen) atoms. The van der Waals surface area contributed by atoms with E-state index in [4.69, 9.17) is 10.2 Å². The first-order valence-electron chi connectivity index (χ1n) is 9.38. The zero-order valence-electron chi connectivity index (χ0n) is 17.6. The van der Waals surface area contributed by atoms with E-state index in [1.807, 2.05) is 43.1 Å². The van der Waals surface area contributed by atoms with E-state index >= 15 is 0 Å². The van der Waals surface area contributed by atoms with Gasteiger partial charge in [0.15, 0.2) is 6.17 Å². The zero-order valence-corrected chi connectivity index (χ0v) is 17.6. The number of hydrogen-bond acceptors (Lipinski definition) is 3. The lowest BCUT2D eigenvalue weighted by atomic mass is 9.83. The Labute approximate surface area is 161 Å². The first kappa shape index (κ1) is 19.2. The molecule has 3 aromatic rings. The summed E-state index contributed by atoms with van der Waals surface area (Å²) in [6, 6.07) is 8.22. The Morgan fingerprint density at radius 1 is 0.815 bits per heavy atom. The van der Waals surface area contributed by atoms with E-state index in [1.165, 1.54) is 0 Å². The number of benzene rings is 1. The molecule has 3 rings (SSSR count). The summed E-state index contributed by atoms with van der Waals surface area (Å²) >= 11 is 0. The Morgan fingerprint density at radius 3 is 1.67 bits per heavy atom. The van der Waals surface area contributed by atoms with E-state index in [0.29, 0.717) is 5.75 Å². The van der Waals surface area contributed by atoms with Crippen molar-refractivity contribution in [1.29, 1.82) is 0 Å². The molecule has 1 N–H and O–H groups in total. The number of aromatic hydroxyl groups is 1. The first-order chi connectivity index (χ1) is 12.5. The average Bonchev–Trinajstić information content (AvgIpc) is 3.03. The second kappa shape index (κ2) is 6.55. The molecule has 0 saturated heterocycles. The Hall–Kier alpha value is -2.56. The molecule has 144 valence electrons. The molecule has 0 atom stereocenters. The maximum atomic E-state index is 11.3. The minimum atomic E-state index is -0.339. The van der Waals surface area contributed by atoms with Gasteiger partial charge < -0.3 is 5.11 Å². The minimum Gasteiger partial charge on any atom is -0.507 e. The van der Waals surface area contributed by atoms with Crippen molar-refractivity contribution in [3.63, 3.8) is 0 Å². The number of phenolic OH excluding ortho intramolecular Hbond substituents is 1. The van der Waals surface area contributed by atoms with Crippen LogP contribution < -0.4 is 0 Å². The molecule has 0 radical (unpaired) electrons.